The number of anilines is 3. The first-order chi connectivity index (χ1) is 17.7. The number of para-hydroxylation sites is 1. The number of carbonyl (C=O) groups is 4. The minimum absolute atomic E-state index is 0.119. The van der Waals surface area contributed by atoms with Crippen LogP contribution in [0.5, 0.6) is 0 Å². The van der Waals surface area contributed by atoms with Gasteiger partial charge in [0.25, 0.3) is 17.7 Å². The lowest BCUT2D eigenvalue weighted by Gasteiger charge is -2.16. The quantitative estimate of drug-likeness (QED) is 0.328. The minimum Gasteiger partial charge on any atom is -0.459 e. The normalized spacial score (nSPS) is 13.3. The van der Waals surface area contributed by atoms with Gasteiger partial charge in [-0.2, -0.15) is 0 Å². The molecule has 37 heavy (non-hydrogen) atoms. The van der Waals surface area contributed by atoms with E-state index in [2.05, 4.69) is 10.6 Å². The smallest absolute Gasteiger partial charge is 0.338 e. The number of hydrogen-bond donors (Lipinski definition) is 2. The van der Waals surface area contributed by atoms with Crippen molar-refractivity contribution in [3.05, 3.63) is 100 Å². The van der Waals surface area contributed by atoms with E-state index >= 15 is 0 Å². The van der Waals surface area contributed by atoms with Crippen LogP contribution in [0.15, 0.2) is 83.5 Å². The van der Waals surface area contributed by atoms with Gasteiger partial charge in [0.1, 0.15) is 10.7 Å². The largest absolute Gasteiger partial charge is 0.459 e. The topological polar surface area (TPSA) is 105 Å². The van der Waals surface area contributed by atoms with Gasteiger partial charge in [-0.15, -0.1) is 0 Å². The molecule has 0 bridgehead atoms. The van der Waals surface area contributed by atoms with Crippen LogP contribution in [0, 0.1) is 6.92 Å². The van der Waals surface area contributed by atoms with Crippen molar-refractivity contribution in [3.63, 3.8) is 0 Å². The van der Waals surface area contributed by atoms with Crippen LogP contribution in [0.2, 0.25) is 0 Å². The first-order valence-electron chi connectivity index (χ1n) is 11.5. The second-order valence-corrected chi connectivity index (χ2v) is 8.99. The van der Waals surface area contributed by atoms with Gasteiger partial charge in [0, 0.05) is 16.9 Å². The van der Waals surface area contributed by atoms with Crippen LogP contribution < -0.4 is 15.5 Å². The van der Waals surface area contributed by atoms with Gasteiger partial charge in [0.05, 0.1) is 17.4 Å². The first-order valence-corrected chi connectivity index (χ1v) is 11.9. The third-order valence-electron chi connectivity index (χ3n) is 5.52. The third kappa shape index (κ3) is 5.54. The molecule has 0 saturated heterocycles. The molecule has 0 radical (unpaired) electrons. The molecule has 188 valence electrons. The van der Waals surface area contributed by atoms with Crippen LogP contribution in [0.4, 0.5) is 17.1 Å². The molecule has 8 nitrogen and oxygen atoms in total. The van der Waals surface area contributed by atoms with E-state index in [1.165, 1.54) is 24.3 Å². The number of esters is 1. The second kappa shape index (κ2) is 10.7. The molecular weight excluding hydrogens is 494 g/mol. The summed E-state index contributed by atoms with van der Waals surface area (Å²) in [5.41, 5.74) is 2.77. The van der Waals surface area contributed by atoms with Gasteiger partial charge < -0.3 is 15.4 Å². The summed E-state index contributed by atoms with van der Waals surface area (Å²) < 4.78 is 5.16. The van der Waals surface area contributed by atoms with Crippen LogP contribution in [0.25, 0.3) is 0 Å². The van der Waals surface area contributed by atoms with Crippen molar-refractivity contribution in [2.75, 3.05) is 15.5 Å². The fraction of sp³-hybridized carbons (Fsp3) is 0.143. The number of rotatable bonds is 7. The standard InChI is InChI=1S/C28H24ClN3O5/c1-16(2)37-28(36)18-11-13-21(14-12-18)32-26(34)23(29)24(27(32)35)30-20-9-6-8-19(15-20)25(33)31-22-10-5-4-7-17(22)3/h4-16,30H,1-3H3,(H,31,33). The van der Waals surface area contributed by atoms with Crippen LogP contribution in [-0.4, -0.2) is 29.8 Å². The number of ether oxygens (including phenoxy) is 1. The van der Waals surface area contributed by atoms with Crippen molar-refractivity contribution < 1.29 is 23.9 Å². The van der Waals surface area contributed by atoms with Gasteiger partial charge in [0.15, 0.2) is 0 Å². The molecule has 0 unspecified atom stereocenters. The Bertz CT molecular complexity index is 1430. The molecule has 0 aromatic heterocycles. The van der Waals surface area contributed by atoms with Gasteiger partial charge in [-0.05, 0) is 74.9 Å². The number of hydrogen-bond acceptors (Lipinski definition) is 6. The molecule has 0 atom stereocenters. The molecule has 0 saturated carbocycles. The molecule has 2 N–H and O–H groups in total. The first kappa shape index (κ1) is 25.7. The number of benzene rings is 3. The predicted octanol–water partition coefficient (Wildman–Crippen LogP) is 5.25. The highest BCUT2D eigenvalue weighted by Gasteiger charge is 2.39. The zero-order chi connectivity index (χ0) is 26.7. The Morgan fingerprint density at radius 3 is 2.27 bits per heavy atom. The lowest BCUT2D eigenvalue weighted by Crippen LogP contribution is -2.32. The summed E-state index contributed by atoms with van der Waals surface area (Å²) in [6.45, 7) is 5.37. The average molecular weight is 518 g/mol. The molecule has 0 aliphatic carbocycles. The lowest BCUT2D eigenvalue weighted by atomic mass is 10.1. The van der Waals surface area contributed by atoms with E-state index in [1.807, 2.05) is 25.1 Å². The van der Waals surface area contributed by atoms with Crippen molar-refractivity contribution >= 4 is 52.4 Å². The Labute approximate surface area is 218 Å². The SMILES string of the molecule is Cc1ccccc1NC(=O)c1cccc(NC2=C(Cl)C(=O)N(c3ccc(C(=O)OC(C)C)cc3)C2=O)c1. The molecule has 0 fully saturated rings. The second-order valence-electron chi connectivity index (χ2n) is 8.61. The van der Waals surface area contributed by atoms with Gasteiger partial charge in [-0.3, -0.25) is 14.4 Å². The summed E-state index contributed by atoms with van der Waals surface area (Å²) >= 11 is 6.24. The molecule has 1 aliphatic rings. The number of amides is 3. The Morgan fingerprint density at radius 2 is 1.59 bits per heavy atom. The minimum atomic E-state index is -0.708. The van der Waals surface area contributed by atoms with E-state index in [0.717, 1.165) is 10.5 Å². The van der Waals surface area contributed by atoms with Gasteiger partial charge >= 0.3 is 5.97 Å². The predicted molar refractivity (Wildman–Crippen MR) is 142 cm³/mol. The zero-order valence-corrected chi connectivity index (χ0v) is 21.1. The summed E-state index contributed by atoms with van der Waals surface area (Å²) in [5.74, 6) is -2.21. The van der Waals surface area contributed by atoms with Crippen molar-refractivity contribution in [2.24, 2.45) is 0 Å². The average Bonchev–Trinajstić information content (AvgIpc) is 3.08. The number of nitrogens with one attached hydrogen (secondary N) is 2. The highest BCUT2D eigenvalue weighted by molar-refractivity contribution is 6.53. The van der Waals surface area contributed by atoms with Crippen molar-refractivity contribution in [1.29, 1.82) is 0 Å². The Kier molecular flexibility index (Phi) is 7.40. The Hall–Kier alpha value is -4.43. The van der Waals surface area contributed by atoms with Crippen LogP contribution in [-0.2, 0) is 14.3 Å². The van der Waals surface area contributed by atoms with E-state index < -0.39 is 17.8 Å². The van der Waals surface area contributed by atoms with E-state index in [0.29, 0.717) is 16.9 Å². The summed E-state index contributed by atoms with van der Waals surface area (Å²) in [4.78, 5) is 51.7. The number of imide groups is 1. The Morgan fingerprint density at radius 1 is 0.892 bits per heavy atom. The monoisotopic (exact) mass is 517 g/mol. The van der Waals surface area contributed by atoms with Gasteiger partial charge in [-0.1, -0.05) is 35.9 Å². The number of aryl methyl sites for hydroxylation is 1. The zero-order valence-electron chi connectivity index (χ0n) is 20.4. The maximum Gasteiger partial charge on any atom is 0.338 e. The van der Waals surface area contributed by atoms with Crippen LogP contribution in [0.1, 0.15) is 40.1 Å². The van der Waals surface area contributed by atoms with E-state index in [9.17, 15) is 19.2 Å². The van der Waals surface area contributed by atoms with Crippen LogP contribution >= 0.6 is 11.6 Å². The molecule has 4 rings (SSSR count). The summed E-state index contributed by atoms with van der Waals surface area (Å²) in [7, 11) is 0. The third-order valence-corrected chi connectivity index (χ3v) is 5.87. The van der Waals surface area contributed by atoms with E-state index in [1.54, 1.807) is 44.2 Å². The lowest BCUT2D eigenvalue weighted by molar-refractivity contribution is -0.120. The van der Waals surface area contributed by atoms with E-state index in [4.69, 9.17) is 16.3 Å². The van der Waals surface area contributed by atoms with Crippen molar-refractivity contribution in [1.82, 2.24) is 0 Å². The molecule has 1 aliphatic heterocycles. The molecular formula is C28H24ClN3O5. The number of carbonyl (C=O) groups excluding carboxylic acids is 4. The van der Waals surface area contributed by atoms with Crippen molar-refractivity contribution in [2.45, 2.75) is 26.9 Å². The fourth-order valence-corrected chi connectivity index (χ4v) is 3.88. The molecule has 9 heteroatoms. The highest BCUT2D eigenvalue weighted by Crippen LogP contribution is 2.30. The molecule has 3 amide bonds. The van der Waals surface area contributed by atoms with Crippen molar-refractivity contribution in [3.8, 4) is 0 Å². The molecule has 1 heterocycles. The molecule has 0 spiro atoms. The summed E-state index contributed by atoms with van der Waals surface area (Å²) in [6, 6.07) is 19.8. The maximum atomic E-state index is 13.1. The summed E-state index contributed by atoms with van der Waals surface area (Å²) in [5, 5.41) is 5.44. The van der Waals surface area contributed by atoms with Gasteiger partial charge in [-0.25, -0.2) is 9.69 Å². The fourth-order valence-electron chi connectivity index (χ4n) is 3.66. The van der Waals surface area contributed by atoms with Crippen LogP contribution in [0.3, 0.4) is 0 Å². The highest BCUT2D eigenvalue weighted by atomic mass is 35.5. The van der Waals surface area contributed by atoms with E-state index in [-0.39, 0.29) is 34.0 Å². The Balaban J connectivity index is 1.50. The number of nitrogens with zero attached hydrogens (tertiary/aromatic N) is 1. The summed E-state index contributed by atoms with van der Waals surface area (Å²) in [6.07, 6.45) is -0.280. The molecule has 3 aromatic carbocycles. The molecule has 3 aromatic rings. The number of halogens is 1. The van der Waals surface area contributed by atoms with Gasteiger partial charge in [0.2, 0.25) is 0 Å². The maximum absolute atomic E-state index is 13.1.